The summed E-state index contributed by atoms with van der Waals surface area (Å²) < 4.78 is 23.1. The van der Waals surface area contributed by atoms with E-state index in [1.807, 2.05) is 12.1 Å². The van der Waals surface area contributed by atoms with Crippen LogP contribution in [-0.4, -0.2) is 53.8 Å². The summed E-state index contributed by atoms with van der Waals surface area (Å²) in [5, 5.41) is 6.41. The number of nitrogens with one attached hydrogen (secondary N) is 2. The summed E-state index contributed by atoms with van der Waals surface area (Å²) >= 11 is 12.2. The molecule has 0 saturated carbocycles. The Hall–Kier alpha value is -2.72. The van der Waals surface area contributed by atoms with Gasteiger partial charge in [-0.25, -0.2) is 18.4 Å². The molecule has 0 unspecified atom stereocenters. The molecule has 1 saturated heterocycles. The smallest absolute Gasteiger partial charge is 0.258 e. The molecule has 1 aromatic carbocycles. The number of carbonyl (C=O) groups excluding carboxylic acids is 1. The van der Waals surface area contributed by atoms with Crippen LogP contribution in [0, 0.1) is 0 Å². The number of rotatable bonds is 6. The largest absolute Gasteiger partial charge is 0.325 e. The zero-order chi connectivity index (χ0) is 23.4. The first-order valence-electron chi connectivity index (χ1n) is 10.2. The summed E-state index contributed by atoms with van der Waals surface area (Å²) in [6, 6.07) is 12.0. The van der Waals surface area contributed by atoms with Crippen LogP contribution in [0.15, 0.2) is 54.9 Å². The van der Waals surface area contributed by atoms with Gasteiger partial charge in [-0.2, -0.15) is 0 Å². The highest BCUT2D eigenvalue weighted by atomic mass is 35.5. The molecule has 1 aliphatic rings. The maximum Gasteiger partial charge on any atom is 0.258 e. The minimum Gasteiger partial charge on any atom is -0.325 e. The molecule has 1 fully saturated rings. The average molecular weight is 506 g/mol. The number of hydrogen-bond donors (Lipinski definition) is 2. The molecule has 172 valence electrons. The summed E-state index contributed by atoms with van der Waals surface area (Å²) in [7, 11) is -2.89. The average Bonchev–Trinajstić information content (AvgIpc) is 2.77. The topological polar surface area (TPSA) is 104 Å². The number of aromatic nitrogens is 2. The lowest BCUT2D eigenvalue weighted by Crippen LogP contribution is -2.39. The number of benzene rings is 1. The lowest BCUT2D eigenvalue weighted by Gasteiger charge is -2.26. The number of hydrogen-bond acceptors (Lipinski definition) is 7. The molecule has 0 radical (unpaired) electrons. The Labute approximate surface area is 201 Å². The van der Waals surface area contributed by atoms with Crippen molar-refractivity contribution in [2.45, 2.75) is 6.54 Å². The van der Waals surface area contributed by atoms with Crippen molar-refractivity contribution in [2.75, 3.05) is 35.2 Å². The van der Waals surface area contributed by atoms with Crippen LogP contribution in [-0.2, 0) is 16.4 Å². The fourth-order valence-electron chi connectivity index (χ4n) is 3.37. The Kier molecular flexibility index (Phi) is 7.14. The van der Waals surface area contributed by atoms with Crippen molar-refractivity contribution in [3.05, 3.63) is 76.0 Å². The van der Waals surface area contributed by atoms with Crippen molar-refractivity contribution in [1.29, 1.82) is 0 Å². The number of amides is 1. The van der Waals surface area contributed by atoms with Crippen LogP contribution < -0.4 is 10.6 Å². The molecule has 0 atom stereocenters. The molecule has 0 aliphatic carbocycles. The van der Waals surface area contributed by atoms with Gasteiger partial charge in [-0.3, -0.25) is 9.69 Å². The summed E-state index contributed by atoms with van der Waals surface area (Å²) in [5.74, 6) is 1.06. The second kappa shape index (κ2) is 10.0. The van der Waals surface area contributed by atoms with E-state index in [0.717, 1.165) is 5.56 Å². The molecular formula is C22H21Cl2N5O3S. The van der Waals surface area contributed by atoms with Gasteiger partial charge in [-0.1, -0.05) is 35.3 Å². The van der Waals surface area contributed by atoms with Crippen LogP contribution in [0.3, 0.4) is 0 Å². The fourth-order valence-corrected chi connectivity index (χ4v) is 5.22. The zero-order valence-electron chi connectivity index (χ0n) is 17.5. The van der Waals surface area contributed by atoms with E-state index < -0.39 is 15.7 Å². The monoisotopic (exact) mass is 505 g/mol. The van der Waals surface area contributed by atoms with Gasteiger partial charge in [0.1, 0.15) is 11.6 Å². The molecule has 3 aromatic rings. The van der Waals surface area contributed by atoms with Crippen LogP contribution in [0.5, 0.6) is 0 Å². The zero-order valence-corrected chi connectivity index (χ0v) is 19.8. The summed E-state index contributed by atoms with van der Waals surface area (Å²) in [6.07, 6.45) is 3.31. The number of sulfone groups is 1. The molecule has 2 N–H and O–H groups in total. The van der Waals surface area contributed by atoms with E-state index in [1.54, 1.807) is 42.7 Å². The molecule has 4 rings (SSSR count). The van der Waals surface area contributed by atoms with Gasteiger partial charge in [0, 0.05) is 43.8 Å². The highest BCUT2D eigenvalue weighted by molar-refractivity contribution is 7.91. The van der Waals surface area contributed by atoms with Crippen molar-refractivity contribution < 1.29 is 13.2 Å². The maximum atomic E-state index is 12.6. The minimum absolute atomic E-state index is 0.196. The van der Waals surface area contributed by atoms with Gasteiger partial charge < -0.3 is 10.6 Å². The molecule has 33 heavy (non-hydrogen) atoms. The molecular weight excluding hydrogens is 485 g/mol. The van der Waals surface area contributed by atoms with Crippen molar-refractivity contribution in [3.63, 3.8) is 0 Å². The quantitative estimate of drug-likeness (QED) is 0.521. The predicted octanol–water partition coefficient (Wildman–Crippen LogP) is 4.01. The molecule has 8 nitrogen and oxygen atoms in total. The van der Waals surface area contributed by atoms with Crippen molar-refractivity contribution in [2.24, 2.45) is 0 Å². The summed E-state index contributed by atoms with van der Waals surface area (Å²) in [6.45, 7) is 1.71. The Morgan fingerprint density at radius 1 is 1.00 bits per heavy atom. The van der Waals surface area contributed by atoms with Crippen LogP contribution >= 0.6 is 23.2 Å². The number of nitrogens with zero attached hydrogens (tertiary/aromatic N) is 3. The number of pyridine rings is 2. The maximum absolute atomic E-state index is 12.6. The van der Waals surface area contributed by atoms with Crippen molar-refractivity contribution >= 4 is 56.3 Å². The van der Waals surface area contributed by atoms with Crippen molar-refractivity contribution in [1.82, 2.24) is 14.9 Å². The Morgan fingerprint density at radius 2 is 1.73 bits per heavy atom. The standard InChI is InChI=1S/C22H21Cl2N5O3S/c23-17-2-1-3-18(24)21(17)22(30)27-16-6-7-25-20(12-16)28-19-5-4-15(13-26-19)14-29-8-10-33(31,32)11-9-29/h1-7,12-13H,8-11,14H2,(H2,25,26,27,28,30). The third-order valence-corrected chi connectivity index (χ3v) is 7.37. The van der Waals surface area contributed by atoms with Gasteiger partial charge >= 0.3 is 0 Å². The van der Waals surface area contributed by atoms with Gasteiger partial charge in [0.05, 0.1) is 27.1 Å². The van der Waals surface area contributed by atoms with Crippen LogP contribution in [0.1, 0.15) is 15.9 Å². The van der Waals surface area contributed by atoms with E-state index in [4.69, 9.17) is 23.2 Å². The van der Waals surface area contributed by atoms with E-state index in [-0.39, 0.29) is 27.1 Å². The SMILES string of the molecule is O=C(Nc1ccnc(Nc2ccc(CN3CCS(=O)(=O)CC3)cn2)c1)c1c(Cl)cccc1Cl. The van der Waals surface area contributed by atoms with Crippen LogP contribution in [0.25, 0.3) is 0 Å². The van der Waals surface area contributed by atoms with Crippen molar-refractivity contribution in [3.8, 4) is 0 Å². The molecule has 0 spiro atoms. The molecule has 2 aromatic heterocycles. The number of carbonyl (C=O) groups is 1. The molecule has 0 bridgehead atoms. The van der Waals surface area contributed by atoms with E-state index in [1.165, 1.54) is 0 Å². The van der Waals surface area contributed by atoms with Gasteiger partial charge in [-0.05, 0) is 29.8 Å². The van der Waals surface area contributed by atoms with Gasteiger partial charge in [-0.15, -0.1) is 0 Å². The first kappa shape index (κ1) is 23.4. The normalized spacial score (nSPS) is 15.7. The number of halogens is 2. The first-order chi connectivity index (χ1) is 15.8. The molecule has 1 aliphatic heterocycles. The fraction of sp³-hybridized carbons (Fsp3) is 0.227. The highest BCUT2D eigenvalue weighted by Crippen LogP contribution is 2.26. The second-order valence-corrected chi connectivity index (χ2v) is 10.7. The van der Waals surface area contributed by atoms with E-state index in [9.17, 15) is 13.2 Å². The Morgan fingerprint density at radius 3 is 2.39 bits per heavy atom. The van der Waals surface area contributed by atoms with Gasteiger partial charge in [0.2, 0.25) is 0 Å². The highest BCUT2D eigenvalue weighted by Gasteiger charge is 2.21. The third-order valence-electron chi connectivity index (χ3n) is 5.13. The molecule has 3 heterocycles. The first-order valence-corrected chi connectivity index (χ1v) is 12.7. The summed E-state index contributed by atoms with van der Waals surface area (Å²) in [4.78, 5) is 23.4. The van der Waals surface area contributed by atoms with E-state index in [0.29, 0.717) is 37.0 Å². The molecule has 1 amide bonds. The minimum atomic E-state index is -2.89. The second-order valence-electron chi connectivity index (χ2n) is 7.59. The van der Waals surface area contributed by atoms with Crippen LogP contribution in [0.4, 0.5) is 17.3 Å². The Bertz CT molecular complexity index is 1240. The van der Waals surface area contributed by atoms with Crippen LogP contribution in [0.2, 0.25) is 10.0 Å². The van der Waals surface area contributed by atoms with E-state index >= 15 is 0 Å². The van der Waals surface area contributed by atoms with E-state index in [2.05, 4.69) is 25.5 Å². The lowest BCUT2D eigenvalue weighted by atomic mass is 10.2. The van der Waals surface area contributed by atoms with Gasteiger partial charge in [0.25, 0.3) is 5.91 Å². The lowest BCUT2D eigenvalue weighted by molar-refractivity contribution is 0.102. The molecule has 11 heteroatoms. The van der Waals surface area contributed by atoms with Gasteiger partial charge in [0.15, 0.2) is 9.84 Å². The predicted molar refractivity (Wildman–Crippen MR) is 130 cm³/mol. The number of anilines is 3. The summed E-state index contributed by atoms with van der Waals surface area (Å²) in [5.41, 5.74) is 1.71. The Balaban J connectivity index is 1.38. The third kappa shape index (κ3) is 6.20.